The highest BCUT2D eigenvalue weighted by molar-refractivity contribution is 5.73. The Morgan fingerprint density at radius 1 is 1.00 bits per heavy atom. The topological polar surface area (TPSA) is 137 Å². The lowest BCUT2D eigenvalue weighted by atomic mass is 9.93. The summed E-state index contributed by atoms with van der Waals surface area (Å²) in [6, 6.07) is 3.16. The summed E-state index contributed by atoms with van der Waals surface area (Å²) in [4.78, 5) is 11.2. The van der Waals surface area contributed by atoms with Crippen LogP contribution < -0.4 is 4.74 Å². The summed E-state index contributed by atoms with van der Waals surface area (Å²) >= 11 is 0. The average molecular weight is 370 g/mol. The largest absolute Gasteiger partial charge is 0.507 e. The molecule has 5 N–H and O–H groups in total. The number of rotatable bonds is 5. The maximum Gasteiger partial charge on any atom is 0.335 e. The zero-order valence-electron chi connectivity index (χ0n) is 15.2. The third-order valence-corrected chi connectivity index (χ3v) is 4.45. The van der Waals surface area contributed by atoms with Gasteiger partial charge in [-0.1, -0.05) is 27.7 Å². The Morgan fingerprint density at radius 3 is 1.92 bits per heavy atom. The highest BCUT2D eigenvalue weighted by Gasteiger charge is 2.48. The van der Waals surface area contributed by atoms with Crippen LogP contribution in [0.4, 0.5) is 0 Å². The molecule has 1 heterocycles. The predicted molar refractivity (Wildman–Crippen MR) is 91.2 cm³/mol. The van der Waals surface area contributed by atoms with Gasteiger partial charge in [0.2, 0.25) is 6.29 Å². The van der Waals surface area contributed by atoms with Gasteiger partial charge in [0.05, 0.1) is 0 Å². The van der Waals surface area contributed by atoms with Crippen molar-refractivity contribution in [2.75, 3.05) is 0 Å². The lowest BCUT2D eigenvalue weighted by Crippen LogP contribution is -2.61. The molecule has 0 radical (unpaired) electrons. The standard InChI is InChI=1S/C18H26O8/c1-7(2)10-5-9(6-11(8(3)4)12(10)19)25-18-15(22)13(20)14(21)16(26-18)17(23)24/h5-8,13-16,18-22H,1-4H3,(H,23,24). The fourth-order valence-corrected chi connectivity index (χ4v) is 2.88. The summed E-state index contributed by atoms with van der Waals surface area (Å²) in [5.74, 6) is -1.08. The van der Waals surface area contributed by atoms with Crippen molar-refractivity contribution in [2.45, 2.75) is 70.2 Å². The molecular weight excluding hydrogens is 344 g/mol. The molecule has 8 nitrogen and oxygen atoms in total. The van der Waals surface area contributed by atoms with Gasteiger partial charge in [-0.05, 0) is 24.0 Å². The minimum atomic E-state index is -1.78. The molecule has 0 saturated carbocycles. The molecular formula is C18H26O8. The van der Waals surface area contributed by atoms with Crippen LogP contribution in [0.15, 0.2) is 12.1 Å². The average Bonchev–Trinajstić information content (AvgIpc) is 2.55. The fourth-order valence-electron chi connectivity index (χ4n) is 2.88. The van der Waals surface area contributed by atoms with Crippen LogP contribution >= 0.6 is 0 Å². The first-order chi connectivity index (χ1) is 12.0. The van der Waals surface area contributed by atoms with Crippen LogP contribution in [0.1, 0.15) is 50.7 Å². The maximum atomic E-state index is 11.2. The van der Waals surface area contributed by atoms with Crippen molar-refractivity contribution >= 4 is 5.97 Å². The van der Waals surface area contributed by atoms with Crippen LogP contribution in [0.25, 0.3) is 0 Å². The molecule has 0 amide bonds. The van der Waals surface area contributed by atoms with Crippen LogP contribution in [0, 0.1) is 0 Å². The van der Waals surface area contributed by atoms with Crippen LogP contribution in [0.2, 0.25) is 0 Å². The number of aromatic hydroxyl groups is 1. The molecule has 1 aromatic rings. The molecule has 0 spiro atoms. The second-order valence-corrected chi connectivity index (χ2v) is 7.11. The van der Waals surface area contributed by atoms with Gasteiger partial charge in [-0.2, -0.15) is 0 Å². The number of carbonyl (C=O) groups is 1. The van der Waals surface area contributed by atoms with Crippen molar-refractivity contribution < 1.29 is 39.8 Å². The molecule has 26 heavy (non-hydrogen) atoms. The number of ether oxygens (including phenoxy) is 2. The van der Waals surface area contributed by atoms with E-state index >= 15 is 0 Å². The SMILES string of the molecule is CC(C)c1cc(OC2OC(C(=O)O)C(O)C(O)C2O)cc(C(C)C)c1O. The summed E-state index contributed by atoms with van der Waals surface area (Å²) in [6.45, 7) is 7.59. The number of phenols is 1. The number of hydrogen-bond donors (Lipinski definition) is 5. The quantitative estimate of drug-likeness (QED) is 0.516. The van der Waals surface area contributed by atoms with E-state index in [1.54, 1.807) is 12.1 Å². The molecule has 1 aliphatic rings. The Kier molecular flexibility index (Phi) is 6.13. The molecule has 0 aliphatic carbocycles. The predicted octanol–water partition coefficient (Wildman–Crippen LogP) is 0.910. The molecule has 8 heteroatoms. The van der Waals surface area contributed by atoms with Gasteiger partial charge in [0.15, 0.2) is 6.10 Å². The zero-order valence-corrected chi connectivity index (χ0v) is 15.2. The van der Waals surface area contributed by atoms with E-state index in [9.17, 15) is 25.2 Å². The Balaban J connectivity index is 2.35. The number of benzene rings is 1. The van der Waals surface area contributed by atoms with Crippen molar-refractivity contribution in [3.63, 3.8) is 0 Å². The van der Waals surface area contributed by atoms with Gasteiger partial charge in [-0.3, -0.25) is 0 Å². The van der Waals surface area contributed by atoms with E-state index in [1.807, 2.05) is 27.7 Å². The lowest BCUT2D eigenvalue weighted by molar-refractivity contribution is -0.271. The lowest BCUT2D eigenvalue weighted by Gasteiger charge is -2.38. The van der Waals surface area contributed by atoms with Crippen molar-refractivity contribution in [2.24, 2.45) is 0 Å². The number of hydrogen-bond acceptors (Lipinski definition) is 7. The molecule has 1 saturated heterocycles. The number of phenolic OH excluding ortho intramolecular Hbond substituents is 1. The normalized spacial score (nSPS) is 29.2. The van der Waals surface area contributed by atoms with Gasteiger partial charge in [-0.15, -0.1) is 0 Å². The molecule has 5 atom stereocenters. The summed E-state index contributed by atoms with van der Waals surface area (Å²) in [5.41, 5.74) is 1.26. The highest BCUT2D eigenvalue weighted by Crippen LogP contribution is 2.38. The molecule has 1 aliphatic heterocycles. The van der Waals surface area contributed by atoms with Crippen molar-refractivity contribution in [3.05, 3.63) is 23.3 Å². The van der Waals surface area contributed by atoms with E-state index in [0.717, 1.165) is 0 Å². The Labute approximate surface area is 151 Å². The van der Waals surface area contributed by atoms with Crippen LogP contribution in [0.5, 0.6) is 11.5 Å². The number of aliphatic hydroxyl groups excluding tert-OH is 3. The Hall–Kier alpha value is -1.87. The molecule has 5 unspecified atom stereocenters. The summed E-state index contributed by atoms with van der Waals surface area (Å²) in [6.07, 6.45) is -8.37. The first kappa shape index (κ1) is 20.4. The number of aliphatic carboxylic acids is 1. The van der Waals surface area contributed by atoms with Gasteiger partial charge >= 0.3 is 5.97 Å². The van der Waals surface area contributed by atoms with Crippen LogP contribution in [0.3, 0.4) is 0 Å². The first-order valence-electron chi connectivity index (χ1n) is 8.50. The van der Waals surface area contributed by atoms with Crippen molar-refractivity contribution in [1.82, 2.24) is 0 Å². The minimum absolute atomic E-state index is 0.00701. The molecule has 1 fully saturated rings. The van der Waals surface area contributed by atoms with Crippen molar-refractivity contribution in [3.8, 4) is 11.5 Å². The molecule has 0 bridgehead atoms. The molecule has 1 aromatic carbocycles. The monoisotopic (exact) mass is 370 g/mol. The highest BCUT2D eigenvalue weighted by atomic mass is 16.7. The molecule has 2 rings (SSSR count). The van der Waals surface area contributed by atoms with Gasteiger partial charge in [-0.25, -0.2) is 4.79 Å². The van der Waals surface area contributed by atoms with E-state index in [2.05, 4.69) is 0 Å². The van der Waals surface area contributed by atoms with Crippen molar-refractivity contribution in [1.29, 1.82) is 0 Å². The third-order valence-electron chi connectivity index (χ3n) is 4.45. The van der Waals surface area contributed by atoms with E-state index in [4.69, 9.17) is 14.6 Å². The van der Waals surface area contributed by atoms with Gasteiger partial charge in [0.25, 0.3) is 0 Å². The number of carboxylic acids is 1. The molecule has 0 aromatic heterocycles. The summed E-state index contributed by atoms with van der Waals surface area (Å²) in [5, 5.41) is 49.2. The van der Waals surface area contributed by atoms with Crippen LogP contribution in [-0.4, -0.2) is 62.2 Å². The molecule has 146 valence electrons. The van der Waals surface area contributed by atoms with E-state index in [-0.39, 0.29) is 23.3 Å². The Morgan fingerprint density at radius 2 is 1.50 bits per heavy atom. The van der Waals surface area contributed by atoms with E-state index in [0.29, 0.717) is 11.1 Å². The van der Waals surface area contributed by atoms with Gasteiger partial charge in [0.1, 0.15) is 29.8 Å². The Bertz CT molecular complexity index is 628. The van der Waals surface area contributed by atoms with E-state index < -0.39 is 36.7 Å². The summed E-state index contributed by atoms with van der Waals surface area (Å²) < 4.78 is 10.7. The number of aliphatic hydroxyl groups is 3. The fraction of sp³-hybridized carbons (Fsp3) is 0.611. The first-order valence-corrected chi connectivity index (χ1v) is 8.50. The third kappa shape index (κ3) is 3.93. The van der Waals surface area contributed by atoms with Crippen LogP contribution in [-0.2, 0) is 9.53 Å². The minimum Gasteiger partial charge on any atom is -0.507 e. The number of carboxylic acid groups (broad SMARTS) is 1. The zero-order chi connectivity index (χ0) is 19.8. The second-order valence-electron chi connectivity index (χ2n) is 7.11. The van der Waals surface area contributed by atoms with E-state index in [1.165, 1.54) is 0 Å². The van der Waals surface area contributed by atoms with Gasteiger partial charge in [0, 0.05) is 11.1 Å². The maximum absolute atomic E-state index is 11.2. The summed E-state index contributed by atoms with van der Waals surface area (Å²) in [7, 11) is 0. The van der Waals surface area contributed by atoms with Gasteiger partial charge < -0.3 is 35.0 Å². The smallest absolute Gasteiger partial charge is 0.335 e. The second kappa shape index (κ2) is 7.79.